The molecule has 0 aromatic heterocycles. The summed E-state index contributed by atoms with van der Waals surface area (Å²) in [7, 11) is 1.62. The van der Waals surface area contributed by atoms with Crippen LogP contribution in [0.2, 0.25) is 0 Å². The van der Waals surface area contributed by atoms with Gasteiger partial charge < -0.3 is 14.4 Å². The van der Waals surface area contributed by atoms with Crippen LogP contribution in [0.15, 0.2) is 41.5 Å². The number of rotatable bonds is 6. The van der Waals surface area contributed by atoms with Crippen LogP contribution in [0.1, 0.15) is 47.2 Å². The zero-order valence-corrected chi connectivity index (χ0v) is 15.8. The van der Waals surface area contributed by atoms with Crippen LogP contribution in [0.3, 0.4) is 0 Å². The number of methoxy groups -OCH3 is 1. The van der Waals surface area contributed by atoms with E-state index in [2.05, 4.69) is 10.0 Å². The standard InChI is InChI=1S/C21H22N4O3/c1-27-19-9-8-16(11-20(19)28-17-4-2-3-5-17)25-13-15-7-6-14(12-23-24-22)10-18(15)21(25)26/h6-11,17H,2-5,12-13H2,1H3. The van der Waals surface area contributed by atoms with Crippen molar-refractivity contribution in [3.63, 3.8) is 0 Å². The van der Waals surface area contributed by atoms with Gasteiger partial charge in [0.1, 0.15) is 0 Å². The molecule has 0 N–H and O–H groups in total. The third-order valence-corrected chi connectivity index (χ3v) is 5.35. The van der Waals surface area contributed by atoms with E-state index in [4.69, 9.17) is 15.0 Å². The summed E-state index contributed by atoms with van der Waals surface area (Å²) in [6.07, 6.45) is 4.68. The van der Waals surface area contributed by atoms with Gasteiger partial charge in [-0.1, -0.05) is 17.2 Å². The summed E-state index contributed by atoms with van der Waals surface area (Å²) in [5.74, 6) is 1.30. The number of amides is 1. The van der Waals surface area contributed by atoms with Gasteiger partial charge in [-0.25, -0.2) is 0 Å². The minimum atomic E-state index is -0.0604. The lowest BCUT2D eigenvalue weighted by molar-refractivity contribution is 0.0996. The number of hydrogen-bond donors (Lipinski definition) is 0. The van der Waals surface area contributed by atoms with Gasteiger partial charge in [0.15, 0.2) is 11.5 Å². The molecule has 2 aliphatic rings. The summed E-state index contributed by atoms with van der Waals surface area (Å²) in [5.41, 5.74) is 11.7. The number of benzene rings is 2. The average Bonchev–Trinajstić information content (AvgIpc) is 3.34. The molecule has 2 aromatic carbocycles. The van der Waals surface area contributed by atoms with Crippen LogP contribution in [-0.4, -0.2) is 19.1 Å². The number of hydrogen-bond acceptors (Lipinski definition) is 4. The Bertz CT molecular complexity index is 947. The Balaban J connectivity index is 1.60. The first-order valence-electron chi connectivity index (χ1n) is 9.49. The molecule has 0 radical (unpaired) electrons. The number of carbonyl (C=O) groups excluding carboxylic acids is 1. The average molecular weight is 378 g/mol. The minimum Gasteiger partial charge on any atom is -0.493 e. The van der Waals surface area contributed by atoms with Gasteiger partial charge in [0, 0.05) is 22.2 Å². The maximum atomic E-state index is 13.0. The molecule has 1 amide bonds. The van der Waals surface area contributed by atoms with Gasteiger partial charge >= 0.3 is 0 Å². The van der Waals surface area contributed by atoms with Gasteiger partial charge in [-0.3, -0.25) is 4.79 Å². The van der Waals surface area contributed by atoms with E-state index in [1.807, 2.05) is 36.4 Å². The summed E-state index contributed by atoms with van der Waals surface area (Å²) in [6, 6.07) is 11.3. The van der Waals surface area contributed by atoms with Gasteiger partial charge in [0.05, 0.1) is 26.3 Å². The molecule has 1 aliphatic heterocycles. The lowest BCUT2D eigenvalue weighted by Crippen LogP contribution is -2.23. The van der Waals surface area contributed by atoms with Crippen molar-refractivity contribution >= 4 is 11.6 Å². The molecule has 1 saturated carbocycles. The van der Waals surface area contributed by atoms with Crippen molar-refractivity contribution in [2.75, 3.05) is 12.0 Å². The third kappa shape index (κ3) is 3.49. The summed E-state index contributed by atoms with van der Waals surface area (Å²) < 4.78 is 11.6. The molecular formula is C21H22N4O3. The Morgan fingerprint density at radius 2 is 2.00 bits per heavy atom. The van der Waals surface area contributed by atoms with Gasteiger partial charge in [-0.05, 0) is 60.5 Å². The molecule has 1 aliphatic carbocycles. The fourth-order valence-corrected chi connectivity index (χ4v) is 3.88. The first kappa shape index (κ1) is 18.2. The highest BCUT2D eigenvalue weighted by Gasteiger charge is 2.29. The zero-order valence-electron chi connectivity index (χ0n) is 15.8. The number of nitrogens with zero attached hydrogens (tertiary/aromatic N) is 4. The molecule has 2 aromatic rings. The maximum Gasteiger partial charge on any atom is 0.258 e. The summed E-state index contributed by atoms with van der Waals surface area (Å²) in [6.45, 7) is 0.740. The highest BCUT2D eigenvalue weighted by molar-refractivity contribution is 6.10. The molecule has 0 atom stereocenters. The van der Waals surface area contributed by atoms with Crippen molar-refractivity contribution in [3.05, 3.63) is 63.5 Å². The van der Waals surface area contributed by atoms with Crippen LogP contribution < -0.4 is 14.4 Å². The highest BCUT2D eigenvalue weighted by atomic mass is 16.5. The van der Waals surface area contributed by atoms with Crippen LogP contribution in [0.4, 0.5) is 5.69 Å². The fraction of sp³-hybridized carbons (Fsp3) is 0.381. The fourth-order valence-electron chi connectivity index (χ4n) is 3.88. The second-order valence-corrected chi connectivity index (χ2v) is 7.13. The number of azide groups is 1. The molecule has 7 nitrogen and oxygen atoms in total. The maximum absolute atomic E-state index is 13.0. The minimum absolute atomic E-state index is 0.0604. The van der Waals surface area contributed by atoms with Crippen molar-refractivity contribution in [2.24, 2.45) is 5.11 Å². The Kier molecular flexibility index (Phi) is 5.08. The molecular weight excluding hydrogens is 356 g/mol. The van der Waals surface area contributed by atoms with Gasteiger partial charge in [-0.2, -0.15) is 0 Å². The van der Waals surface area contributed by atoms with E-state index in [9.17, 15) is 4.79 Å². The monoisotopic (exact) mass is 378 g/mol. The van der Waals surface area contributed by atoms with Crippen molar-refractivity contribution < 1.29 is 14.3 Å². The normalized spacial score (nSPS) is 16.0. The van der Waals surface area contributed by atoms with E-state index in [0.29, 0.717) is 23.6 Å². The highest BCUT2D eigenvalue weighted by Crippen LogP contribution is 2.37. The number of carbonyl (C=O) groups is 1. The number of ether oxygens (including phenoxy) is 2. The Labute approximate surface area is 163 Å². The lowest BCUT2D eigenvalue weighted by atomic mass is 10.1. The van der Waals surface area contributed by atoms with Gasteiger partial charge in [-0.15, -0.1) is 0 Å². The summed E-state index contributed by atoms with van der Waals surface area (Å²) >= 11 is 0. The smallest absolute Gasteiger partial charge is 0.258 e. The predicted molar refractivity (Wildman–Crippen MR) is 106 cm³/mol. The molecule has 0 saturated heterocycles. The van der Waals surface area contributed by atoms with E-state index in [1.165, 1.54) is 12.8 Å². The van der Waals surface area contributed by atoms with E-state index in [1.54, 1.807) is 12.0 Å². The van der Waals surface area contributed by atoms with Crippen molar-refractivity contribution in [1.82, 2.24) is 0 Å². The summed E-state index contributed by atoms with van der Waals surface area (Å²) in [5, 5.41) is 3.57. The number of anilines is 1. The topological polar surface area (TPSA) is 87.5 Å². The third-order valence-electron chi connectivity index (χ3n) is 5.35. The summed E-state index contributed by atoms with van der Waals surface area (Å²) in [4.78, 5) is 17.5. The molecule has 0 spiro atoms. The van der Waals surface area contributed by atoms with E-state index >= 15 is 0 Å². The molecule has 144 valence electrons. The molecule has 0 unspecified atom stereocenters. The molecule has 4 rings (SSSR count). The van der Waals surface area contributed by atoms with Gasteiger partial charge in [0.2, 0.25) is 0 Å². The lowest BCUT2D eigenvalue weighted by Gasteiger charge is -2.20. The molecule has 28 heavy (non-hydrogen) atoms. The van der Waals surface area contributed by atoms with Crippen LogP contribution in [0.5, 0.6) is 11.5 Å². The predicted octanol–water partition coefficient (Wildman–Crippen LogP) is 4.99. The first-order valence-corrected chi connectivity index (χ1v) is 9.49. The van der Waals surface area contributed by atoms with Gasteiger partial charge in [0.25, 0.3) is 5.91 Å². The molecule has 0 bridgehead atoms. The largest absolute Gasteiger partial charge is 0.493 e. The quantitative estimate of drug-likeness (QED) is 0.403. The van der Waals surface area contributed by atoms with Crippen molar-refractivity contribution in [1.29, 1.82) is 0 Å². The van der Waals surface area contributed by atoms with Crippen molar-refractivity contribution in [3.8, 4) is 11.5 Å². The van der Waals surface area contributed by atoms with Crippen LogP contribution in [0.25, 0.3) is 10.4 Å². The van der Waals surface area contributed by atoms with Crippen molar-refractivity contribution in [2.45, 2.75) is 44.9 Å². The Morgan fingerprint density at radius 1 is 1.18 bits per heavy atom. The molecule has 1 heterocycles. The van der Waals surface area contributed by atoms with Crippen LogP contribution in [0, 0.1) is 0 Å². The van der Waals surface area contributed by atoms with Crippen LogP contribution in [-0.2, 0) is 13.1 Å². The molecule has 1 fully saturated rings. The van der Waals surface area contributed by atoms with Crippen LogP contribution >= 0.6 is 0 Å². The van der Waals surface area contributed by atoms with E-state index in [0.717, 1.165) is 29.7 Å². The van der Waals surface area contributed by atoms with E-state index in [-0.39, 0.29) is 18.6 Å². The SMILES string of the molecule is COc1ccc(N2Cc3ccc(CN=[N+]=[N-])cc3C2=O)cc1OC1CCCC1. The first-order chi connectivity index (χ1) is 13.7. The zero-order chi connectivity index (χ0) is 19.5. The Morgan fingerprint density at radius 3 is 2.75 bits per heavy atom. The second kappa shape index (κ2) is 7.82. The Hall–Kier alpha value is -3.18. The number of fused-ring (bicyclic) bond motifs is 1. The molecule has 7 heteroatoms. The van der Waals surface area contributed by atoms with E-state index < -0.39 is 0 Å². The second-order valence-electron chi connectivity index (χ2n) is 7.13.